The van der Waals surface area contributed by atoms with Gasteiger partial charge in [-0.05, 0) is 36.8 Å². The monoisotopic (exact) mass is 269 g/mol. The fraction of sp³-hybridized carbons (Fsp3) is 0.200. The van der Waals surface area contributed by atoms with E-state index in [0.29, 0.717) is 17.1 Å². The minimum atomic E-state index is -0.0793. The Morgan fingerprint density at radius 2 is 2.15 bits per heavy atom. The molecule has 1 aromatic carbocycles. The Bertz CT molecular complexity index is 698. The van der Waals surface area contributed by atoms with Crippen LogP contribution >= 0.6 is 0 Å². The second-order valence-electron chi connectivity index (χ2n) is 4.83. The second kappa shape index (κ2) is 4.52. The number of nitrogens with two attached hydrogens (primary N) is 1. The van der Waals surface area contributed by atoms with Crippen molar-refractivity contribution in [2.75, 3.05) is 24.3 Å². The molecule has 102 valence electrons. The third-order valence-electron chi connectivity index (χ3n) is 3.43. The number of amides is 1. The molecule has 0 saturated heterocycles. The van der Waals surface area contributed by atoms with Crippen molar-refractivity contribution in [3.05, 3.63) is 36.2 Å². The van der Waals surface area contributed by atoms with Gasteiger partial charge >= 0.3 is 0 Å². The van der Waals surface area contributed by atoms with Crippen LogP contribution in [0.15, 0.2) is 30.5 Å². The highest BCUT2D eigenvalue weighted by atomic mass is 16.5. The molecule has 0 fully saturated rings. The molecule has 2 aromatic rings. The van der Waals surface area contributed by atoms with Gasteiger partial charge in [-0.25, -0.2) is 0 Å². The van der Waals surface area contributed by atoms with Crippen molar-refractivity contribution in [3.8, 4) is 16.9 Å². The van der Waals surface area contributed by atoms with Crippen LogP contribution in [0.5, 0.6) is 5.75 Å². The fourth-order valence-corrected chi connectivity index (χ4v) is 2.30. The summed E-state index contributed by atoms with van der Waals surface area (Å²) in [5, 5.41) is 0. The van der Waals surface area contributed by atoms with Crippen LogP contribution in [0.25, 0.3) is 11.1 Å². The zero-order valence-electron chi connectivity index (χ0n) is 11.4. The van der Waals surface area contributed by atoms with E-state index >= 15 is 0 Å². The summed E-state index contributed by atoms with van der Waals surface area (Å²) in [6.07, 6.45) is 1.75. The second-order valence-corrected chi connectivity index (χ2v) is 4.83. The van der Waals surface area contributed by atoms with Gasteiger partial charge < -0.3 is 15.4 Å². The largest absolute Gasteiger partial charge is 0.482 e. The molecule has 1 aliphatic heterocycles. The van der Waals surface area contributed by atoms with Crippen LogP contribution in [0.2, 0.25) is 0 Å². The maximum Gasteiger partial charge on any atom is 0.264 e. The summed E-state index contributed by atoms with van der Waals surface area (Å²) in [6, 6.07) is 7.53. The van der Waals surface area contributed by atoms with Crippen LogP contribution in [-0.2, 0) is 4.79 Å². The molecule has 0 radical (unpaired) electrons. The number of rotatable bonds is 1. The number of ether oxygens (including phenoxy) is 1. The van der Waals surface area contributed by atoms with Gasteiger partial charge in [0.25, 0.3) is 5.91 Å². The van der Waals surface area contributed by atoms with Gasteiger partial charge in [0.1, 0.15) is 5.75 Å². The molecule has 20 heavy (non-hydrogen) atoms. The molecule has 2 heterocycles. The molecule has 5 heteroatoms. The third kappa shape index (κ3) is 1.97. The number of aryl methyl sites for hydroxylation is 1. The van der Waals surface area contributed by atoms with E-state index in [9.17, 15) is 4.79 Å². The molecule has 0 bridgehead atoms. The van der Waals surface area contributed by atoms with Gasteiger partial charge in [-0.3, -0.25) is 9.78 Å². The lowest BCUT2D eigenvalue weighted by Gasteiger charge is -2.27. The zero-order chi connectivity index (χ0) is 14.3. The molecule has 1 aliphatic rings. The van der Waals surface area contributed by atoms with Crippen LogP contribution in [0.4, 0.5) is 11.4 Å². The number of fused-ring (bicyclic) bond motifs is 1. The summed E-state index contributed by atoms with van der Waals surface area (Å²) in [7, 11) is 1.72. The van der Waals surface area contributed by atoms with E-state index in [-0.39, 0.29) is 12.5 Å². The predicted molar refractivity (Wildman–Crippen MR) is 77.7 cm³/mol. The van der Waals surface area contributed by atoms with Gasteiger partial charge in [-0.2, -0.15) is 0 Å². The zero-order valence-corrected chi connectivity index (χ0v) is 11.4. The van der Waals surface area contributed by atoms with Crippen LogP contribution < -0.4 is 15.4 Å². The van der Waals surface area contributed by atoms with Crippen LogP contribution in [0.3, 0.4) is 0 Å². The van der Waals surface area contributed by atoms with Crippen molar-refractivity contribution in [1.29, 1.82) is 0 Å². The number of pyridine rings is 1. The van der Waals surface area contributed by atoms with Crippen molar-refractivity contribution in [1.82, 2.24) is 4.98 Å². The number of hydrogen-bond donors (Lipinski definition) is 1. The smallest absolute Gasteiger partial charge is 0.264 e. The van der Waals surface area contributed by atoms with Crippen molar-refractivity contribution in [2.45, 2.75) is 6.92 Å². The van der Waals surface area contributed by atoms with Crippen molar-refractivity contribution < 1.29 is 9.53 Å². The Balaban J connectivity index is 2.13. The first-order chi connectivity index (χ1) is 9.56. The Morgan fingerprint density at radius 3 is 2.90 bits per heavy atom. The van der Waals surface area contributed by atoms with Gasteiger partial charge in [-0.1, -0.05) is 0 Å². The molecule has 0 aliphatic carbocycles. The van der Waals surface area contributed by atoms with Crippen LogP contribution in [0, 0.1) is 6.92 Å². The average Bonchev–Trinajstić information content (AvgIpc) is 2.43. The van der Waals surface area contributed by atoms with E-state index in [1.807, 2.05) is 25.1 Å². The molecule has 0 spiro atoms. The summed E-state index contributed by atoms with van der Waals surface area (Å²) in [5.41, 5.74) is 10.2. The van der Waals surface area contributed by atoms with E-state index in [2.05, 4.69) is 4.98 Å². The number of anilines is 2. The average molecular weight is 269 g/mol. The molecular formula is C15H15N3O2. The Hall–Kier alpha value is -2.56. The molecule has 0 saturated carbocycles. The third-order valence-corrected chi connectivity index (χ3v) is 3.43. The summed E-state index contributed by atoms with van der Waals surface area (Å²) < 4.78 is 5.49. The number of aromatic nitrogens is 1. The van der Waals surface area contributed by atoms with E-state index in [4.69, 9.17) is 10.5 Å². The highest BCUT2D eigenvalue weighted by Gasteiger charge is 2.23. The quantitative estimate of drug-likeness (QED) is 0.804. The lowest BCUT2D eigenvalue weighted by atomic mass is 10.0. The normalized spacial score (nSPS) is 13.9. The SMILES string of the molecule is Cc1cc(-c2cc3c(cc2N)N(C)C(=O)CO3)ccn1. The highest BCUT2D eigenvalue weighted by Crippen LogP contribution is 2.39. The standard InChI is InChI=1S/C15H15N3O2/c1-9-5-10(3-4-17-9)11-6-14-13(7-12(11)16)18(2)15(19)8-20-14/h3-7H,8,16H2,1-2H3. The molecular weight excluding hydrogens is 254 g/mol. The van der Waals surface area contributed by atoms with E-state index in [1.165, 1.54) is 0 Å². The molecule has 1 amide bonds. The van der Waals surface area contributed by atoms with Crippen molar-refractivity contribution in [3.63, 3.8) is 0 Å². The molecule has 2 N–H and O–H groups in total. The molecule has 5 nitrogen and oxygen atoms in total. The van der Waals surface area contributed by atoms with Crippen molar-refractivity contribution >= 4 is 17.3 Å². The number of nitrogen functional groups attached to an aromatic ring is 1. The number of carbonyl (C=O) groups is 1. The minimum Gasteiger partial charge on any atom is -0.482 e. The highest BCUT2D eigenvalue weighted by molar-refractivity contribution is 5.99. The van der Waals surface area contributed by atoms with E-state index in [0.717, 1.165) is 16.8 Å². The van der Waals surface area contributed by atoms with E-state index in [1.54, 1.807) is 24.2 Å². The van der Waals surface area contributed by atoms with Gasteiger partial charge in [0.15, 0.2) is 6.61 Å². The van der Waals surface area contributed by atoms with Crippen LogP contribution in [-0.4, -0.2) is 24.5 Å². The van der Waals surface area contributed by atoms with Gasteiger partial charge in [0.2, 0.25) is 0 Å². The Kier molecular flexibility index (Phi) is 2.82. The Labute approximate surface area is 117 Å². The lowest BCUT2D eigenvalue weighted by molar-refractivity contribution is -0.120. The number of benzene rings is 1. The first-order valence-corrected chi connectivity index (χ1v) is 6.32. The molecule has 0 atom stereocenters. The number of likely N-dealkylation sites (N-methyl/N-ethyl adjacent to an activating group) is 1. The van der Waals surface area contributed by atoms with Gasteiger partial charge in [0, 0.05) is 30.2 Å². The summed E-state index contributed by atoms with van der Waals surface area (Å²) in [5.74, 6) is 0.593. The van der Waals surface area contributed by atoms with Crippen molar-refractivity contribution in [2.24, 2.45) is 0 Å². The van der Waals surface area contributed by atoms with Crippen LogP contribution in [0.1, 0.15) is 5.69 Å². The maximum absolute atomic E-state index is 11.6. The first kappa shape index (κ1) is 12.5. The molecule has 3 rings (SSSR count). The summed E-state index contributed by atoms with van der Waals surface area (Å²) in [6.45, 7) is 1.99. The molecule has 1 aromatic heterocycles. The lowest BCUT2D eigenvalue weighted by Crippen LogP contribution is -2.35. The number of hydrogen-bond acceptors (Lipinski definition) is 4. The predicted octanol–water partition coefficient (Wildman–Crippen LogP) is 1.99. The fourth-order valence-electron chi connectivity index (χ4n) is 2.30. The van der Waals surface area contributed by atoms with E-state index < -0.39 is 0 Å². The topological polar surface area (TPSA) is 68.5 Å². The number of nitrogens with zero attached hydrogens (tertiary/aromatic N) is 2. The number of carbonyl (C=O) groups excluding carboxylic acids is 1. The summed E-state index contributed by atoms with van der Waals surface area (Å²) in [4.78, 5) is 17.4. The molecule has 0 unspecified atom stereocenters. The Morgan fingerprint density at radius 1 is 1.35 bits per heavy atom. The maximum atomic E-state index is 11.6. The minimum absolute atomic E-state index is 0.0578. The first-order valence-electron chi connectivity index (χ1n) is 6.32. The summed E-state index contributed by atoms with van der Waals surface area (Å²) >= 11 is 0. The van der Waals surface area contributed by atoms with Gasteiger partial charge in [-0.15, -0.1) is 0 Å². The van der Waals surface area contributed by atoms with Gasteiger partial charge in [0.05, 0.1) is 5.69 Å².